The van der Waals surface area contributed by atoms with Gasteiger partial charge in [-0.15, -0.1) is 11.8 Å². The Morgan fingerprint density at radius 3 is 2.54 bits per heavy atom. The highest BCUT2D eigenvalue weighted by Crippen LogP contribution is 2.29. The Bertz CT molecular complexity index is 908. The van der Waals surface area contributed by atoms with Crippen LogP contribution in [-0.4, -0.2) is 35.6 Å². The minimum absolute atomic E-state index is 0.0569. The standard InChI is InChI=1S/C22H25BrN2O2S/c1-14-12-20(15(2)11-18(14)23)28-13-21(26)24-19-8-6-7-17(16(19)3)22(27)25-9-4-5-10-25/h6-8,11-12H,4-5,9-10,13H2,1-3H3,(H,24,26). The van der Waals surface area contributed by atoms with E-state index in [9.17, 15) is 9.59 Å². The summed E-state index contributed by atoms with van der Waals surface area (Å²) in [6, 6.07) is 9.70. The number of likely N-dealkylation sites (tertiary alicyclic amines) is 1. The van der Waals surface area contributed by atoms with E-state index in [0.717, 1.165) is 52.0 Å². The molecule has 0 aromatic heterocycles. The molecule has 28 heavy (non-hydrogen) atoms. The number of rotatable bonds is 5. The molecule has 0 spiro atoms. The van der Waals surface area contributed by atoms with Gasteiger partial charge in [0.15, 0.2) is 0 Å². The second-order valence-electron chi connectivity index (χ2n) is 7.18. The first-order chi connectivity index (χ1) is 13.4. The zero-order chi connectivity index (χ0) is 20.3. The maximum absolute atomic E-state index is 12.7. The van der Waals surface area contributed by atoms with Crippen LogP contribution in [0.2, 0.25) is 0 Å². The van der Waals surface area contributed by atoms with Crippen molar-refractivity contribution in [3.8, 4) is 0 Å². The molecule has 1 heterocycles. The summed E-state index contributed by atoms with van der Waals surface area (Å²) >= 11 is 5.06. The lowest BCUT2D eigenvalue weighted by molar-refractivity contribution is -0.113. The number of nitrogens with one attached hydrogen (secondary N) is 1. The van der Waals surface area contributed by atoms with Gasteiger partial charge in [0.25, 0.3) is 5.91 Å². The van der Waals surface area contributed by atoms with Crippen LogP contribution in [0.4, 0.5) is 5.69 Å². The molecular formula is C22H25BrN2O2S. The Labute approximate surface area is 179 Å². The number of hydrogen-bond donors (Lipinski definition) is 1. The van der Waals surface area contributed by atoms with Gasteiger partial charge in [-0.25, -0.2) is 0 Å². The lowest BCUT2D eigenvalue weighted by Gasteiger charge is -2.18. The number of anilines is 1. The van der Waals surface area contributed by atoms with Gasteiger partial charge in [0.05, 0.1) is 5.75 Å². The van der Waals surface area contributed by atoms with Crippen molar-refractivity contribution in [3.63, 3.8) is 0 Å². The molecule has 0 radical (unpaired) electrons. The third kappa shape index (κ3) is 4.78. The number of amides is 2. The van der Waals surface area contributed by atoms with E-state index in [1.807, 2.05) is 43.9 Å². The molecule has 0 saturated carbocycles. The number of nitrogens with zero attached hydrogens (tertiary/aromatic N) is 1. The summed E-state index contributed by atoms with van der Waals surface area (Å²) < 4.78 is 1.08. The van der Waals surface area contributed by atoms with Gasteiger partial charge in [-0.2, -0.15) is 0 Å². The molecule has 1 fully saturated rings. The number of hydrogen-bond acceptors (Lipinski definition) is 3. The van der Waals surface area contributed by atoms with E-state index in [1.54, 1.807) is 0 Å². The first-order valence-electron chi connectivity index (χ1n) is 9.45. The summed E-state index contributed by atoms with van der Waals surface area (Å²) in [6.07, 6.45) is 2.13. The molecule has 0 unspecified atom stereocenters. The van der Waals surface area contributed by atoms with Crippen molar-refractivity contribution in [3.05, 3.63) is 57.1 Å². The summed E-state index contributed by atoms with van der Waals surface area (Å²) in [5.74, 6) is 0.311. The van der Waals surface area contributed by atoms with Crippen LogP contribution in [0.5, 0.6) is 0 Å². The van der Waals surface area contributed by atoms with Gasteiger partial charge in [0, 0.05) is 33.7 Å². The molecule has 1 aliphatic rings. The molecule has 2 aromatic rings. The van der Waals surface area contributed by atoms with E-state index in [4.69, 9.17) is 0 Å². The first kappa shape index (κ1) is 20.9. The highest BCUT2D eigenvalue weighted by molar-refractivity contribution is 9.10. The second kappa shape index (κ2) is 9.14. The molecule has 1 saturated heterocycles. The van der Waals surface area contributed by atoms with Crippen LogP contribution in [0, 0.1) is 20.8 Å². The lowest BCUT2D eigenvalue weighted by Crippen LogP contribution is -2.28. The van der Waals surface area contributed by atoms with Crippen LogP contribution in [0.1, 0.15) is 39.9 Å². The predicted molar refractivity (Wildman–Crippen MR) is 119 cm³/mol. The summed E-state index contributed by atoms with van der Waals surface area (Å²) in [5, 5.41) is 2.97. The summed E-state index contributed by atoms with van der Waals surface area (Å²) in [4.78, 5) is 28.2. The Balaban J connectivity index is 1.66. The van der Waals surface area contributed by atoms with Crippen molar-refractivity contribution in [2.24, 2.45) is 0 Å². The number of aryl methyl sites for hydroxylation is 2. The van der Waals surface area contributed by atoms with Gasteiger partial charge in [-0.1, -0.05) is 22.0 Å². The fraction of sp³-hybridized carbons (Fsp3) is 0.364. The average Bonchev–Trinajstić information content (AvgIpc) is 3.19. The molecule has 0 bridgehead atoms. The summed E-state index contributed by atoms with van der Waals surface area (Å²) in [5.41, 5.74) is 4.50. The molecular weight excluding hydrogens is 436 g/mol. The quantitative estimate of drug-likeness (QED) is 0.612. The van der Waals surface area contributed by atoms with Crippen LogP contribution in [0.3, 0.4) is 0 Å². The topological polar surface area (TPSA) is 49.4 Å². The van der Waals surface area contributed by atoms with E-state index in [0.29, 0.717) is 17.0 Å². The second-order valence-corrected chi connectivity index (χ2v) is 9.05. The van der Waals surface area contributed by atoms with Crippen LogP contribution >= 0.6 is 27.7 Å². The zero-order valence-corrected chi connectivity index (χ0v) is 18.9. The Hall–Kier alpha value is -1.79. The highest BCUT2D eigenvalue weighted by atomic mass is 79.9. The number of carbonyl (C=O) groups is 2. The largest absolute Gasteiger partial charge is 0.339 e. The molecule has 1 N–H and O–H groups in total. The van der Waals surface area contributed by atoms with Crippen molar-refractivity contribution in [2.45, 2.75) is 38.5 Å². The molecule has 4 nitrogen and oxygen atoms in total. The number of carbonyl (C=O) groups excluding carboxylic acids is 2. The van der Waals surface area contributed by atoms with Crippen molar-refractivity contribution in [2.75, 3.05) is 24.2 Å². The van der Waals surface area contributed by atoms with Crippen LogP contribution in [0.25, 0.3) is 0 Å². The first-order valence-corrected chi connectivity index (χ1v) is 11.2. The van der Waals surface area contributed by atoms with Gasteiger partial charge < -0.3 is 10.2 Å². The van der Waals surface area contributed by atoms with E-state index >= 15 is 0 Å². The predicted octanol–water partition coefficient (Wildman–Crippen LogP) is 5.34. The van der Waals surface area contributed by atoms with Crippen LogP contribution in [-0.2, 0) is 4.79 Å². The van der Waals surface area contributed by atoms with Gasteiger partial charge in [-0.05, 0) is 74.6 Å². The lowest BCUT2D eigenvalue weighted by atomic mass is 10.1. The van der Waals surface area contributed by atoms with E-state index < -0.39 is 0 Å². The smallest absolute Gasteiger partial charge is 0.254 e. The monoisotopic (exact) mass is 460 g/mol. The van der Waals surface area contributed by atoms with E-state index in [-0.39, 0.29) is 11.8 Å². The molecule has 0 atom stereocenters. The molecule has 148 valence electrons. The molecule has 2 aromatic carbocycles. The van der Waals surface area contributed by atoms with E-state index in [1.165, 1.54) is 11.8 Å². The third-order valence-electron chi connectivity index (χ3n) is 5.05. The Morgan fingerprint density at radius 2 is 1.82 bits per heavy atom. The molecule has 1 aliphatic heterocycles. The maximum atomic E-state index is 12.7. The Morgan fingerprint density at radius 1 is 1.11 bits per heavy atom. The number of halogens is 1. The summed E-state index contributed by atoms with van der Waals surface area (Å²) in [7, 11) is 0. The number of thioether (sulfide) groups is 1. The minimum Gasteiger partial charge on any atom is -0.339 e. The van der Waals surface area contributed by atoms with Gasteiger partial charge >= 0.3 is 0 Å². The fourth-order valence-electron chi connectivity index (χ4n) is 3.33. The van der Waals surface area contributed by atoms with Crippen molar-refractivity contribution < 1.29 is 9.59 Å². The van der Waals surface area contributed by atoms with E-state index in [2.05, 4.69) is 33.4 Å². The summed E-state index contributed by atoms with van der Waals surface area (Å²) in [6.45, 7) is 7.62. The van der Waals surface area contributed by atoms with Crippen molar-refractivity contribution in [1.29, 1.82) is 0 Å². The normalized spacial score (nSPS) is 13.6. The maximum Gasteiger partial charge on any atom is 0.254 e. The third-order valence-corrected chi connectivity index (χ3v) is 7.06. The van der Waals surface area contributed by atoms with Crippen molar-refractivity contribution in [1.82, 2.24) is 4.90 Å². The van der Waals surface area contributed by atoms with Gasteiger partial charge in [-0.3, -0.25) is 9.59 Å². The SMILES string of the molecule is Cc1cc(SCC(=O)Nc2cccc(C(=O)N3CCCC3)c2C)c(C)cc1Br. The molecule has 2 amide bonds. The average molecular weight is 461 g/mol. The van der Waals surface area contributed by atoms with Crippen LogP contribution in [0.15, 0.2) is 39.7 Å². The van der Waals surface area contributed by atoms with Gasteiger partial charge in [0.1, 0.15) is 0 Å². The molecule has 6 heteroatoms. The Kier molecular flexibility index (Phi) is 6.83. The molecule has 0 aliphatic carbocycles. The minimum atomic E-state index is -0.0705. The number of benzene rings is 2. The van der Waals surface area contributed by atoms with Crippen molar-refractivity contribution >= 4 is 45.2 Å². The van der Waals surface area contributed by atoms with Crippen LogP contribution < -0.4 is 5.32 Å². The highest BCUT2D eigenvalue weighted by Gasteiger charge is 2.22. The fourth-order valence-corrected chi connectivity index (χ4v) is 4.70. The zero-order valence-electron chi connectivity index (χ0n) is 16.5. The van der Waals surface area contributed by atoms with Gasteiger partial charge in [0.2, 0.25) is 5.91 Å². The molecule has 3 rings (SSSR count).